The molecule has 1 aromatic heterocycles. The van der Waals surface area contributed by atoms with Crippen LogP contribution >= 0.6 is 11.3 Å². The Labute approximate surface area is 154 Å². The SMILES string of the molecule is CC(=O)Nc1cccc(OCCNc2sc(S(C)(=O)=O)cc2[N+](=O)[O-])c1. The number of nitrogens with one attached hydrogen (secondary N) is 2. The van der Waals surface area contributed by atoms with Crippen LogP contribution in [-0.2, 0) is 14.6 Å². The van der Waals surface area contributed by atoms with Crippen molar-refractivity contribution < 1.29 is 22.9 Å². The van der Waals surface area contributed by atoms with Crippen LogP contribution in [0.2, 0.25) is 0 Å². The van der Waals surface area contributed by atoms with Crippen molar-refractivity contribution in [2.45, 2.75) is 11.1 Å². The number of carbonyl (C=O) groups excluding carboxylic acids is 1. The standard InChI is InChI=1S/C15H17N3O6S2/c1-10(19)17-11-4-3-5-12(8-11)24-7-6-16-15-13(18(20)21)9-14(25-15)26(2,22)23/h3-5,8-9,16H,6-7H2,1-2H3,(H,17,19). The minimum atomic E-state index is -3.52. The maximum atomic E-state index is 11.5. The Bertz CT molecular complexity index is 923. The second-order valence-electron chi connectivity index (χ2n) is 5.29. The van der Waals surface area contributed by atoms with Gasteiger partial charge in [-0.25, -0.2) is 8.42 Å². The largest absolute Gasteiger partial charge is 0.492 e. The molecule has 0 saturated carbocycles. The highest BCUT2D eigenvalue weighted by Gasteiger charge is 2.23. The summed E-state index contributed by atoms with van der Waals surface area (Å²) in [7, 11) is -3.52. The molecule has 0 atom stereocenters. The predicted octanol–water partition coefficient (Wildman–Crippen LogP) is 2.51. The molecule has 1 amide bonds. The fraction of sp³-hybridized carbons (Fsp3) is 0.267. The van der Waals surface area contributed by atoms with Crippen molar-refractivity contribution in [3.05, 3.63) is 40.4 Å². The molecule has 0 fully saturated rings. The number of anilines is 2. The van der Waals surface area contributed by atoms with Crippen LogP contribution in [0.3, 0.4) is 0 Å². The fourth-order valence-corrected chi connectivity index (χ4v) is 3.97. The topological polar surface area (TPSA) is 128 Å². The van der Waals surface area contributed by atoms with E-state index in [1.807, 2.05) is 0 Å². The van der Waals surface area contributed by atoms with Gasteiger partial charge >= 0.3 is 5.69 Å². The second-order valence-corrected chi connectivity index (χ2v) is 8.59. The van der Waals surface area contributed by atoms with E-state index in [1.165, 1.54) is 6.92 Å². The summed E-state index contributed by atoms with van der Waals surface area (Å²) >= 11 is 0.807. The highest BCUT2D eigenvalue weighted by atomic mass is 32.2. The van der Waals surface area contributed by atoms with Crippen LogP contribution in [0.5, 0.6) is 5.75 Å². The molecule has 0 aliphatic carbocycles. The molecule has 0 bridgehead atoms. The molecule has 0 spiro atoms. The highest BCUT2D eigenvalue weighted by Crippen LogP contribution is 2.36. The Kier molecular flexibility index (Phi) is 6.16. The molecule has 0 aliphatic heterocycles. The molecule has 0 radical (unpaired) electrons. The van der Waals surface area contributed by atoms with Gasteiger partial charge in [-0.2, -0.15) is 0 Å². The normalized spacial score (nSPS) is 11.0. The van der Waals surface area contributed by atoms with Crippen LogP contribution < -0.4 is 15.4 Å². The maximum Gasteiger partial charge on any atom is 0.304 e. The minimum absolute atomic E-state index is 0.0735. The minimum Gasteiger partial charge on any atom is -0.492 e. The lowest BCUT2D eigenvalue weighted by atomic mass is 10.3. The lowest BCUT2D eigenvalue weighted by Crippen LogP contribution is -2.12. The molecule has 2 N–H and O–H groups in total. The summed E-state index contributed by atoms with van der Waals surface area (Å²) in [5.74, 6) is 0.325. The van der Waals surface area contributed by atoms with Crippen LogP contribution in [-0.4, -0.2) is 38.7 Å². The number of thiophene rings is 1. The van der Waals surface area contributed by atoms with E-state index in [2.05, 4.69) is 10.6 Å². The van der Waals surface area contributed by atoms with E-state index in [-0.39, 0.29) is 34.0 Å². The van der Waals surface area contributed by atoms with Crippen molar-refractivity contribution in [2.24, 2.45) is 0 Å². The summed E-state index contributed by atoms with van der Waals surface area (Å²) in [6.07, 6.45) is 0.998. The average Bonchev–Trinajstić information content (AvgIpc) is 2.96. The Morgan fingerprint density at radius 3 is 2.69 bits per heavy atom. The first kappa shape index (κ1) is 19.7. The summed E-state index contributed by atoms with van der Waals surface area (Å²) < 4.78 is 28.6. The number of sulfone groups is 1. The lowest BCUT2D eigenvalue weighted by molar-refractivity contribution is -0.383. The van der Waals surface area contributed by atoms with Crippen molar-refractivity contribution in [2.75, 3.05) is 30.0 Å². The summed E-state index contributed by atoms with van der Waals surface area (Å²) in [6.45, 7) is 1.82. The molecule has 0 saturated heterocycles. The van der Waals surface area contributed by atoms with E-state index in [0.29, 0.717) is 11.4 Å². The molecule has 26 heavy (non-hydrogen) atoms. The first-order valence-corrected chi connectivity index (χ1v) is 10.1. The number of nitrogens with zero attached hydrogens (tertiary/aromatic N) is 1. The molecule has 140 valence electrons. The predicted molar refractivity (Wildman–Crippen MR) is 98.8 cm³/mol. The highest BCUT2D eigenvalue weighted by molar-refractivity contribution is 7.92. The van der Waals surface area contributed by atoms with Crippen molar-refractivity contribution in [3.63, 3.8) is 0 Å². The molecular weight excluding hydrogens is 382 g/mol. The van der Waals surface area contributed by atoms with Gasteiger partial charge in [-0.1, -0.05) is 17.4 Å². The third-order valence-corrected chi connectivity index (χ3v) is 5.95. The van der Waals surface area contributed by atoms with Crippen LogP contribution in [0.25, 0.3) is 0 Å². The average molecular weight is 399 g/mol. The van der Waals surface area contributed by atoms with E-state index < -0.39 is 14.8 Å². The van der Waals surface area contributed by atoms with Gasteiger partial charge in [-0.15, -0.1) is 0 Å². The third kappa shape index (κ3) is 5.43. The monoisotopic (exact) mass is 399 g/mol. The van der Waals surface area contributed by atoms with Crippen molar-refractivity contribution in [1.82, 2.24) is 0 Å². The third-order valence-electron chi connectivity index (χ3n) is 3.06. The number of rotatable bonds is 8. The Hall–Kier alpha value is -2.66. The van der Waals surface area contributed by atoms with E-state index >= 15 is 0 Å². The van der Waals surface area contributed by atoms with Crippen LogP contribution in [0.1, 0.15) is 6.92 Å². The van der Waals surface area contributed by atoms with E-state index in [1.54, 1.807) is 24.3 Å². The quantitative estimate of drug-likeness (QED) is 0.396. The van der Waals surface area contributed by atoms with Gasteiger partial charge in [0.25, 0.3) is 0 Å². The zero-order chi connectivity index (χ0) is 19.3. The molecule has 1 aromatic carbocycles. The zero-order valence-electron chi connectivity index (χ0n) is 14.0. The number of nitro groups is 1. The number of ether oxygens (including phenoxy) is 1. The Balaban J connectivity index is 1.97. The van der Waals surface area contributed by atoms with E-state index in [9.17, 15) is 23.3 Å². The smallest absolute Gasteiger partial charge is 0.304 e. The van der Waals surface area contributed by atoms with Crippen molar-refractivity contribution in [3.8, 4) is 5.75 Å². The van der Waals surface area contributed by atoms with Crippen LogP contribution in [0, 0.1) is 10.1 Å². The van der Waals surface area contributed by atoms with E-state index in [4.69, 9.17) is 4.74 Å². The summed E-state index contributed by atoms with van der Waals surface area (Å²) in [5.41, 5.74) is 0.303. The number of hydrogen-bond donors (Lipinski definition) is 2. The molecule has 9 nitrogen and oxygen atoms in total. The lowest BCUT2D eigenvalue weighted by Gasteiger charge is -2.09. The number of benzene rings is 1. The maximum absolute atomic E-state index is 11.5. The van der Waals surface area contributed by atoms with Gasteiger partial charge in [0.2, 0.25) is 5.91 Å². The summed E-state index contributed by atoms with van der Waals surface area (Å²) in [5, 5.41) is 16.7. The van der Waals surface area contributed by atoms with Gasteiger partial charge in [0.15, 0.2) is 14.8 Å². The Morgan fingerprint density at radius 2 is 2.08 bits per heavy atom. The van der Waals surface area contributed by atoms with Gasteiger partial charge in [-0.05, 0) is 12.1 Å². The zero-order valence-corrected chi connectivity index (χ0v) is 15.6. The molecule has 2 rings (SSSR count). The van der Waals surface area contributed by atoms with Crippen molar-refractivity contribution >= 4 is 43.5 Å². The number of carbonyl (C=O) groups is 1. The van der Waals surface area contributed by atoms with Gasteiger partial charge in [-0.3, -0.25) is 14.9 Å². The first-order valence-electron chi connectivity index (χ1n) is 7.39. The molecule has 1 heterocycles. The fourth-order valence-electron chi connectivity index (χ4n) is 2.00. The Morgan fingerprint density at radius 1 is 1.35 bits per heavy atom. The molecular formula is C15H17N3O6S2. The van der Waals surface area contributed by atoms with Gasteiger partial charge in [0.1, 0.15) is 16.6 Å². The van der Waals surface area contributed by atoms with Crippen LogP contribution in [0.4, 0.5) is 16.4 Å². The van der Waals surface area contributed by atoms with E-state index in [0.717, 1.165) is 23.7 Å². The molecule has 2 aromatic rings. The summed E-state index contributed by atoms with van der Waals surface area (Å²) in [6, 6.07) is 7.84. The molecule has 0 unspecified atom stereocenters. The van der Waals surface area contributed by atoms with Gasteiger partial charge in [0.05, 0.1) is 4.92 Å². The number of hydrogen-bond acceptors (Lipinski definition) is 8. The van der Waals surface area contributed by atoms with Gasteiger partial charge in [0, 0.05) is 37.5 Å². The summed E-state index contributed by atoms with van der Waals surface area (Å²) in [4.78, 5) is 21.5. The molecule has 0 aliphatic rings. The number of amides is 1. The molecule has 11 heteroatoms. The van der Waals surface area contributed by atoms with Crippen LogP contribution in [0.15, 0.2) is 34.5 Å². The first-order chi connectivity index (χ1) is 12.2. The second kappa shape index (κ2) is 8.15. The van der Waals surface area contributed by atoms with Crippen molar-refractivity contribution in [1.29, 1.82) is 0 Å². The van der Waals surface area contributed by atoms with Gasteiger partial charge < -0.3 is 15.4 Å².